The van der Waals surface area contributed by atoms with Crippen LogP contribution in [-0.2, 0) is 6.61 Å². The number of benzene rings is 5. The molecular weight excluding hydrogens is 366 g/mol. The monoisotopic (exact) mass is 387 g/mol. The van der Waals surface area contributed by atoms with E-state index in [-0.39, 0.29) is 0 Å². The lowest BCUT2D eigenvalue weighted by atomic mass is 10.0. The number of fused-ring (bicyclic) bond motifs is 2. The predicted octanol–water partition coefficient (Wildman–Crippen LogP) is 7.32. The van der Waals surface area contributed by atoms with Crippen molar-refractivity contribution in [2.24, 2.45) is 4.99 Å². The maximum Gasteiger partial charge on any atom is 0.129 e. The van der Waals surface area contributed by atoms with Crippen LogP contribution < -0.4 is 4.74 Å². The third kappa shape index (κ3) is 3.68. The van der Waals surface area contributed by atoms with E-state index in [2.05, 4.69) is 77.8 Å². The molecule has 0 unspecified atom stereocenters. The Morgan fingerprint density at radius 3 is 2.10 bits per heavy atom. The summed E-state index contributed by atoms with van der Waals surface area (Å²) >= 11 is 0. The van der Waals surface area contributed by atoms with Gasteiger partial charge in [0.2, 0.25) is 0 Å². The van der Waals surface area contributed by atoms with E-state index < -0.39 is 0 Å². The Labute approximate surface area is 176 Å². The van der Waals surface area contributed by atoms with Crippen LogP contribution in [-0.4, -0.2) is 6.21 Å². The van der Waals surface area contributed by atoms with Crippen molar-refractivity contribution in [1.82, 2.24) is 0 Å². The lowest BCUT2D eigenvalue weighted by Crippen LogP contribution is -2.00. The summed E-state index contributed by atoms with van der Waals surface area (Å²) in [5, 5.41) is 4.75. The number of para-hydroxylation sites is 1. The Kier molecular flexibility index (Phi) is 4.97. The van der Waals surface area contributed by atoms with Gasteiger partial charge in [0.15, 0.2) is 0 Å². The summed E-state index contributed by atoms with van der Waals surface area (Å²) < 4.78 is 6.34. The zero-order chi connectivity index (χ0) is 20.2. The summed E-state index contributed by atoms with van der Waals surface area (Å²) in [6.45, 7) is 0.506. The molecule has 0 aliphatic carbocycles. The first-order chi connectivity index (χ1) is 14.9. The predicted molar refractivity (Wildman–Crippen MR) is 126 cm³/mol. The van der Waals surface area contributed by atoms with Crippen LogP contribution in [0.4, 0.5) is 5.69 Å². The van der Waals surface area contributed by atoms with Crippen molar-refractivity contribution >= 4 is 33.4 Å². The normalized spacial score (nSPS) is 11.3. The molecular formula is C28H21NO. The van der Waals surface area contributed by atoms with Crippen molar-refractivity contribution in [3.05, 3.63) is 120 Å². The Bertz CT molecular complexity index is 1330. The van der Waals surface area contributed by atoms with Crippen LogP contribution in [0.5, 0.6) is 5.75 Å². The highest BCUT2D eigenvalue weighted by Crippen LogP contribution is 2.29. The zero-order valence-electron chi connectivity index (χ0n) is 16.5. The van der Waals surface area contributed by atoms with Gasteiger partial charge in [-0.05, 0) is 45.3 Å². The minimum absolute atomic E-state index is 0.506. The summed E-state index contributed by atoms with van der Waals surface area (Å²) in [4.78, 5) is 4.69. The molecule has 0 spiro atoms. The van der Waals surface area contributed by atoms with Gasteiger partial charge in [0.25, 0.3) is 0 Å². The van der Waals surface area contributed by atoms with E-state index in [9.17, 15) is 0 Å². The van der Waals surface area contributed by atoms with E-state index in [0.717, 1.165) is 22.4 Å². The lowest BCUT2D eigenvalue weighted by molar-refractivity contribution is 0.307. The van der Waals surface area contributed by atoms with Gasteiger partial charge in [0, 0.05) is 11.8 Å². The van der Waals surface area contributed by atoms with E-state index in [1.165, 1.54) is 21.7 Å². The number of hydrogen-bond donors (Lipinski definition) is 0. The zero-order valence-corrected chi connectivity index (χ0v) is 16.5. The smallest absolute Gasteiger partial charge is 0.129 e. The van der Waals surface area contributed by atoms with Crippen LogP contribution in [0.2, 0.25) is 0 Å². The maximum atomic E-state index is 6.34. The Hall–Kier alpha value is -3.91. The molecule has 0 saturated heterocycles. The van der Waals surface area contributed by atoms with Crippen LogP contribution in [0, 0.1) is 0 Å². The minimum atomic E-state index is 0.506. The second-order valence-corrected chi connectivity index (χ2v) is 7.22. The second kappa shape index (κ2) is 8.22. The van der Waals surface area contributed by atoms with Gasteiger partial charge in [-0.3, -0.25) is 4.99 Å². The van der Waals surface area contributed by atoms with Gasteiger partial charge in [-0.2, -0.15) is 0 Å². The number of rotatable bonds is 5. The highest BCUT2D eigenvalue weighted by Gasteiger charge is 2.09. The molecule has 0 radical (unpaired) electrons. The first-order valence-corrected chi connectivity index (χ1v) is 10.1. The average molecular weight is 387 g/mol. The van der Waals surface area contributed by atoms with Crippen LogP contribution in [0.25, 0.3) is 21.5 Å². The van der Waals surface area contributed by atoms with Crippen molar-refractivity contribution in [3.8, 4) is 5.75 Å². The van der Waals surface area contributed by atoms with Gasteiger partial charge >= 0.3 is 0 Å². The quantitative estimate of drug-likeness (QED) is 0.289. The van der Waals surface area contributed by atoms with Crippen molar-refractivity contribution < 1.29 is 4.74 Å². The minimum Gasteiger partial charge on any atom is -0.488 e. The molecule has 5 aromatic carbocycles. The third-order valence-electron chi connectivity index (χ3n) is 5.29. The van der Waals surface area contributed by atoms with Crippen LogP contribution in [0.15, 0.2) is 114 Å². The van der Waals surface area contributed by atoms with E-state index in [4.69, 9.17) is 4.74 Å². The molecule has 0 aliphatic rings. The van der Waals surface area contributed by atoms with Crippen molar-refractivity contribution in [1.29, 1.82) is 0 Å². The SMILES string of the molecule is C(=Nc1ccccc1)c1c(OCc2cccc3ccccc23)ccc2ccccc12. The molecule has 0 N–H and O–H groups in total. The fraction of sp³-hybridized carbons (Fsp3) is 0.0357. The van der Waals surface area contributed by atoms with Crippen molar-refractivity contribution in [2.75, 3.05) is 0 Å². The summed E-state index contributed by atoms with van der Waals surface area (Å²) in [6.07, 6.45) is 1.91. The number of ether oxygens (including phenoxy) is 1. The first-order valence-electron chi connectivity index (χ1n) is 10.1. The van der Waals surface area contributed by atoms with Gasteiger partial charge < -0.3 is 4.74 Å². The molecule has 2 heteroatoms. The molecule has 5 rings (SSSR count). The largest absolute Gasteiger partial charge is 0.488 e. The highest BCUT2D eigenvalue weighted by atomic mass is 16.5. The Morgan fingerprint density at radius 1 is 0.600 bits per heavy atom. The maximum absolute atomic E-state index is 6.34. The number of hydrogen-bond acceptors (Lipinski definition) is 2. The molecule has 0 fully saturated rings. The van der Waals surface area contributed by atoms with Gasteiger partial charge in [0.1, 0.15) is 12.4 Å². The second-order valence-electron chi connectivity index (χ2n) is 7.22. The first kappa shape index (κ1) is 18.1. The van der Waals surface area contributed by atoms with Crippen LogP contribution in [0.1, 0.15) is 11.1 Å². The Morgan fingerprint density at radius 2 is 1.27 bits per heavy atom. The highest BCUT2D eigenvalue weighted by molar-refractivity contribution is 6.03. The summed E-state index contributed by atoms with van der Waals surface area (Å²) in [5.41, 5.74) is 3.09. The Balaban J connectivity index is 1.53. The molecule has 0 saturated carbocycles. The van der Waals surface area contributed by atoms with Gasteiger partial charge in [-0.15, -0.1) is 0 Å². The molecule has 5 aromatic rings. The van der Waals surface area contributed by atoms with Gasteiger partial charge in [-0.1, -0.05) is 91.0 Å². The summed E-state index contributed by atoms with van der Waals surface area (Å²) in [5.74, 6) is 0.835. The van der Waals surface area contributed by atoms with Crippen LogP contribution >= 0.6 is 0 Å². The molecule has 0 heterocycles. The molecule has 0 aromatic heterocycles. The molecule has 2 nitrogen and oxygen atoms in total. The van der Waals surface area contributed by atoms with Crippen molar-refractivity contribution in [3.63, 3.8) is 0 Å². The van der Waals surface area contributed by atoms with E-state index in [0.29, 0.717) is 6.61 Å². The van der Waals surface area contributed by atoms with E-state index in [1.54, 1.807) is 0 Å². The third-order valence-corrected chi connectivity index (χ3v) is 5.29. The van der Waals surface area contributed by atoms with E-state index >= 15 is 0 Å². The molecule has 0 atom stereocenters. The average Bonchev–Trinajstić information content (AvgIpc) is 2.82. The molecule has 0 aliphatic heterocycles. The fourth-order valence-corrected chi connectivity index (χ4v) is 3.76. The van der Waals surface area contributed by atoms with Crippen molar-refractivity contribution in [2.45, 2.75) is 6.61 Å². The molecule has 144 valence electrons. The fourth-order valence-electron chi connectivity index (χ4n) is 3.76. The topological polar surface area (TPSA) is 21.6 Å². The molecule has 0 bridgehead atoms. The van der Waals surface area contributed by atoms with Gasteiger partial charge in [0.05, 0.1) is 5.69 Å². The van der Waals surface area contributed by atoms with E-state index in [1.807, 2.05) is 42.6 Å². The standard InChI is InChI=1S/C28H21NO/c1-2-13-24(14-3-1)29-19-27-26-16-7-5-10-22(26)17-18-28(27)30-20-23-12-8-11-21-9-4-6-15-25(21)23/h1-19H,20H2. The molecule has 30 heavy (non-hydrogen) atoms. The number of nitrogens with zero attached hydrogens (tertiary/aromatic N) is 1. The lowest BCUT2D eigenvalue weighted by Gasteiger charge is -2.13. The summed E-state index contributed by atoms with van der Waals surface area (Å²) in [6, 6.07) is 37.2. The number of aliphatic imine (C=N–C) groups is 1. The van der Waals surface area contributed by atoms with Gasteiger partial charge in [-0.25, -0.2) is 0 Å². The van der Waals surface area contributed by atoms with Crippen LogP contribution in [0.3, 0.4) is 0 Å². The summed E-state index contributed by atoms with van der Waals surface area (Å²) in [7, 11) is 0. The molecule has 0 amide bonds.